The Morgan fingerprint density at radius 1 is 0.500 bits per heavy atom. The summed E-state index contributed by atoms with van der Waals surface area (Å²) in [5.41, 5.74) is 1.69. The molecule has 0 nitrogen and oxygen atoms in total. The molecule has 0 spiro atoms. The largest absolute Gasteiger partial charge is 0.144 e. The van der Waals surface area contributed by atoms with Crippen molar-refractivity contribution in [2.75, 3.05) is 0 Å². The van der Waals surface area contributed by atoms with Crippen LogP contribution in [0.25, 0.3) is 20.2 Å². The van der Waals surface area contributed by atoms with Crippen LogP contribution in [-0.4, -0.2) is 0 Å². The van der Waals surface area contributed by atoms with Crippen LogP contribution in [0.15, 0.2) is 60.0 Å². The average Bonchev–Trinajstić information content (AvgIpc) is 3.57. The van der Waals surface area contributed by atoms with Crippen LogP contribution in [0.5, 0.6) is 0 Å². The lowest BCUT2D eigenvalue weighted by Crippen LogP contribution is -1.92. The second-order valence-electron chi connectivity index (χ2n) is 10.9. The maximum Gasteiger partial charge on any atom is 0.0348 e. The molecule has 38 heavy (non-hydrogen) atoms. The molecular formula is C36H52S2. The fourth-order valence-electron chi connectivity index (χ4n) is 5.39. The first kappa shape index (κ1) is 30.9. The Hall–Kier alpha value is -1.64. The van der Waals surface area contributed by atoms with Crippen LogP contribution in [0.2, 0.25) is 0 Å². The zero-order valence-corrected chi connectivity index (χ0v) is 26.0. The first-order valence-corrected chi connectivity index (χ1v) is 17.4. The molecule has 4 aromatic rings. The zero-order valence-electron chi connectivity index (χ0n) is 24.3. The van der Waals surface area contributed by atoms with E-state index in [-0.39, 0.29) is 0 Å². The van der Waals surface area contributed by atoms with Crippen molar-refractivity contribution < 1.29 is 0 Å². The highest BCUT2D eigenvalue weighted by Gasteiger charge is 2.11. The number of fused-ring (bicyclic) bond motifs is 2. The Balaban J connectivity index is 0.000000368. The number of unbranched alkanes of at least 4 members (excludes halogenated alkanes) is 14. The quantitative estimate of drug-likeness (QED) is 0.108. The fraction of sp³-hybridized carbons (Fsp3) is 0.556. The first-order chi connectivity index (χ1) is 18.8. The van der Waals surface area contributed by atoms with Crippen LogP contribution in [0.1, 0.15) is 127 Å². The molecule has 0 aliphatic heterocycles. The summed E-state index contributed by atoms with van der Waals surface area (Å²) >= 11 is 3.86. The second kappa shape index (κ2) is 19.4. The summed E-state index contributed by atoms with van der Waals surface area (Å²) in [6.45, 7) is 4.60. The van der Waals surface area contributed by atoms with E-state index in [1.54, 1.807) is 27.2 Å². The van der Waals surface area contributed by atoms with Crippen molar-refractivity contribution in [2.24, 2.45) is 0 Å². The molecule has 2 heterocycles. The lowest BCUT2D eigenvalue weighted by Gasteiger charge is -2.06. The number of hydrogen-bond donors (Lipinski definition) is 0. The molecule has 0 radical (unpaired) electrons. The summed E-state index contributed by atoms with van der Waals surface area (Å²) in [6.07, 6.45) is 25.2. The van der Waals surface area contributed by atoms with E-state index in [2.05, 4.69) is 85.2 Å². The third-order valence-electron chi connectivity index (χ3n) is 7.68. The average molecular weight is 549 g/mol. The van der Waals surface area contributed by atoms with Crippen molar-refractivity contribution in [1.82, 2.24) is 0 Å². The summed E-state index contributed by atoms with van der Waals surface area (Å²) in [7, 11) is 0. The highest BCUT2D eigenvalue weighted by atomic mass is 32.1. The Morgan fingerprint density at radius 3 is 1.66 bits per heavy atom. The topological polar surface area (TPSA) is 0 Å². The van der Waals surface area contributed by atoms with Crippen LogP contribution in [-0.2, 0) is 12.8 Å². The molecule has 0 amide bonds. The molecule has 4 rings (SSSR count). The molecule has 0 unspecified atom stereocenters. The van der Waals surface area contributed by atoms with E-state index in [1.807, 2.05) is 0 Å². The molecule has 0 atom stereocenters. The Labute approximate surface area is 241 Å². The maximum atomic E-state index is 2.36. The van der Waals surface area contributed by atoms with Gasteiger partial charge in [-0.15, -0.1) is 22.7 Å². The Kier molecular flexibility index (Phi) is 15.8. The smallest absolute Gasteiger partial charge is 0.0348 e. The van der Waals surface area contributed by atoms with E-state index >= 15 is 0 Å². The van der Waals surface area contributed by atoms with E-state index in [0.29, 0.717) is 0 Å². The van der Waals surface area contributed by atoms with Gasteiger partial charge < -0.3 is 0 Å². The molecule has 0 aliphatic carbocycles. The van der Waals surface area contributed by atoms with Gasteiger partial charge in [-0.2, -0.15) is 0 Å². The number of benzene rings is 2. The van der Waals surface area contributed by atoms with Crippen LogP contribution in [0.3, 0.4) is 0 Å². The molecule has 0 saturated heterocycles. The van der Waals surface area contributed by atoms with Gasteiger partial charge in [0.25, 0.3) is 0 Å². The molecular weight excluding hydrogens is 497 g/mol. The molecule has 0 N–H and O–H groups in total. The van der Waals surface area contributed by atoms with Crippen LogP contribution in [0, 0.1) is 0 Å². The lowest BCUT2D eigenvalue weighted by molar-refractivity contribution is 0.572. The Bertz CT molecular complexity index is 1090. The SMILES string of the molecule is CCCCCCCCCCc1sc2ccccc2c1CCCCCCCCCC.c1ccc2sccc2c1. The minimum atomic E-state index is 1.30. The molecule has 0 aliphatic rings. The third-order valence-corrected chi connectivity index (χ3v) is 9.85. The second-order valence-corrected chi connectivity index (χ2v) is 13.0. The summed E-state index contributed by atoms with van der Waals surface area (Å²) in [4.78, 5) is 1.69. The van der Waals surface area contributed by atoms with Crippen LogP contribution < -0.4 is 0 Å². The maximum absolute atomic E-state index is 2.36. The number of rotatable bonds is 18. The van der Waals surface area contributed by atoms with Gasteiger partial charge in [-0.1, -0.05) is 140 Å². The number of thiophene rings is 2. The van der Waals surface area contributed by atoms with Gasteiger partial charge in [0.2, 0.25) is 0 Å². The monoisotopic (exact) mass is 548 g/mol. The summed E-state index contributed by atoms with van der Waals surface area (Å²) in [5, 5.41) is 5.02. The highest BCUT2D eigenvalue weighted by Crippen LogP contribution is 2.34. The van der Waals surface area contributed by atoms with E-state index < -0.39 is 0 Å². The standard InChI is InChI=1S/C28H46S.C8H6S/c1-3-5-7-9-11-13-15-17-21-25-26-22-19-20-24-28(26)29-27(25)23-18-16-14-12-10-8-6-4-2;1-2-4-8-7(3-1)5-6-9-8/h19-20,22,24H,3-18,21,23H2,1-2H3;1-6H. The van der Waals surface area contributed by atoms with Crippen LogP contribution in [0.4, 0.5) is 0 Å². The molecule has 0 bridgehead atoms. The summed E-state index contributed by atoms with van der Waals surface area (Å²) < 4.78 is 2.88. The van der Waals surface area contributed by atoms with Gasteiger partial charge in [-0.3, -0.25) is 0 Å². The van der Waals surface area contributed by atoms with Crippen molar-refractivity contribution >= 4 is 42.8 Å². The molecule has 2 heteroatoms. The minimum Gasteiger partial charge on any atom is -0.144 e. The van der Waals surface area contributed by atoms with Crippen molar-refractivity contribution in [1.29, 1.82) is 0 Å². The van der Waals surface area contributed by atoms with Crippen molar-refractivity contribution in [3.8, 4) is 0 Å². The minimum absolute atomic E-state index is 1.30. The Morgan fingerprint density at radius 2 is 1.03 bits per heavy atom. The fourth-order valence-corrected chi connectivity index (χ4v) is 7.47. The molecule has 208 valence electrons. The van der Waals surface area contributed by atoms with Crippen molar-refractivity contribution in [2.45, 2.75) is 129 Å². The third kappa shape index (κ3) is 11.2. The van der Waals surface area contributed by atoms with Gasteiger partial charge >= 0.3 is 0 Å². The van der Waals surface area contributed by atoms with E-state index in [4.69, 9.17) is 0 Å². The van der Waals surface area contributed by atoms with Gasteiger partial charge in [-0.25, -0.2) is 0 Å². The number of aryl methyl sites for hydroxylation is 2. The predicted molar refractivity (Wildman–Crippen MR) is 176 cm³/mol. The van der Waals surface area contributed by atoms with Gasteiger partial charge in [0.05, 0.1) is 0 Å². The predicted octanol–water partition coefficient (Wildman–Crippen LogP) is 13.2. The summed E-state index contributed by atoms with van der Waals surface area (Å²) in [5.74, 6) is 0. The molecule has 0 saturated carbocycles. The highest BCUT2D eigenvalue weighted by molar-refractivity contribution is 7.19. The molecule has 2 aromatic carbocycles. The van der Waals surface area contributed by atoms with Crippen molar-refractivity contribution in [3.05, 3.63) is 70.4 Å². The normalized spacial score (nSPS) is 11.2. The van der Waals surface area contributed by atoms with Gasteiger partial charge in [0.1, 0.15) is 0 Å². The van der Waals surface area contributed by atoms with Gasteiger partial charge in [0.15, 0.2) is 0 Å². The van der Waals surface area contributed by atoms with E-state index in [1.165, 1.54) is 130 Å². The lowest BCUT2D eigenvalue weighted by atomic mass is 9.99. The zero-order chi connectivity index (χ0) is 26.7. The van der Waals surface area contributed by atoms with Gasteiger partial charge in [0, 0.05) is 14.3 Å². The number of hydrogen-bond acceptors (Lipinski definition) is 2. The summed E-state index contributed by atoms with van der Waals surface area (Å²) in [6, 6.07) is 19.7. The first-order valence-electron chi connectivity index (χ1n) is 15.7. The molecule has 2 aromatic heterocycles. The van der Waals surface area contributed by atoms with E-state index in [9.17, 15) is 0 Å². The van der Waals surface area contributed by atoms with Gasteiger partial charge in [-0.05, 0) is 65.6 Å². The van der Waals surface area contributed by atoms with Crippen molar-refractivity contribution in [3.63, 3.8) is 0 Å². The van der Waals surface area contributed by atoms with Crippen LogP contribution >= 0.6 is 22.7 Å². The van der Waals surface area contributed by atoms with E-state index in [0.717, 1.165) is 0 Å². The molecule has 0 fully saturated rings.